The van der Waals surface area contributed by atoms with Gasteiger partial charge in [-0.3, -0.25) is 4.31 Å². The van der Waals surface area contributed by atoms with E-state index in [1.165, 1.54) is 23.6 Å². The van der Waals surface area contributed by atoms with Crippen molar-refractivity contribution >= 4 is 38.4 Å². The summed E-state index contributed by atoms with van der Waals surface area (Å²) < 4.78 is 26.8. The molecule has 41 heavy (non-hydrogen) atoms. The molecule has 2 aromatic heterocycles. The standard InChI is InChI=1S/C29H32N6O5S/c1-18(32-16-27(36)23-12-22(14-30)28(31)33-15-23)9-19-7-8-25-21(10-19)13-26(29(37)38)35(25)17-20-5-4-6-24(11-20)34(2)41(3,39)40/h4-8,10-13,15,18,27,32,36H,9,16-17H2,1-3H3,(H2,31,33)(H,37,38). The summed E-state index contributed by atoms with van der Waals surface area (Å²) in [5.74, 6) is -0.943. The Balaban J connectivity index is 1.50. The van der Waals surface area contributed by atoms with Gasteiger partial charge in [-0.15, -0.1) is 0 Å². The number of carboxylic acid groups (broad SMARTS) is 1. The number of nitrogens with one attached hydrogen (secondary N) is 1. The van der Waals surface area contributed by atoms with Crippen LogP contribution >= 0.6 is 0 Å². The number of carbonyl (C=O) groups is 1. The zero-order valence-electron chi connectivity index (χ0n) is 22.9. The highest BCUT2D eigenvalue weighted by Gasteiger charge is 2.18. The first kappa shape index (κ1) is 29.5. The van der Waals surface area contributed by atoms with Crippen molar-refractivity contribution in [2.75, 3.05) is 29.9 Å². The van der Waals surface area contributed by atoms with E-state index in [-0.39, 0.29) is 36.2 Å². The number of fused-ring (bicyclic) bond motifs is 1. The summed E-state index contributed by atoms with van der Waals surface area (Å²) in [6.07, 6.45) is 2.33. The third-order valence-electron chi connectivity index (χ3n) is 6.94. The van der Waals surface area contributed by atoms with Crippen LogP contribution in [0.3, 0.4) is 0 Å². The number of pyridine rings is 1. The molecule has 2 aromatic carbocycles. The summed E-state index contributed by atoms with van der Waals surface area (Å²) in [7, 11) is -1.97. The highest BCUT2D eigenvalue weighted by Crippen LogP contribution is 2.25. The number of carboxylic acids is 1. The molecule has 12 heteroatoms. The summed E-state index contributed by atoms with van der Waals surface area (Å²) in [4.78, 5) is 16.1. The van der Waals surface area contributed by atoms with E-state index in [1.807, 2.05) is 37.3 Å². The maximum atomic E-state index is 12.1. The van der Waals surface area contributed by atoms with Crippen LogP contribution in [-0.2, 0) is 23.0 Å². The van der Waals surface area contributed by atoms with Crippen molar-refractivity contribution in [3.63, 3.8) is 0 Å². The smallest absolute Gasteiger partial charge is 0.352 e. The first-order valence-electron chi connectivity index (χ1n) is 12.8. The molecule has 0 spiro atoms. The van der Waals surface area contributed by atoms with Crippen LogP contribution < -0.4 is 15.4 Å². The van der Waals surface area contributed by atoms with Crippen molar-refractivity contribution < 1.29 is 23.4 Å². The molecule has 5 N–H and O–H groups in total. The van der Waals surface area contributed by atoms with Crippen LogP contribution in [0.5, 0.6) is 0 Å². The molecular weight excluding hydrogens is 544 g/mol. The Bertz CT molecular complexity index is 1740. The minimum atomic E-state index is -3.44. The van der Waals surface area contributed by atoms with E-state index < -0.39 is 22.1 Å². The molecule has 0 bridgehead atoms. The van der Waals surface area contributed by atoms with E-state index in [2.05, 4.69) is 10.3 Å². The number of hydrogen-bond acceptors (Lipinski definition) is 8. The third-order valence-corrected chi connectivity index (χ3v) is 8.15. The third kappa shape index (κ3) is 6.83. The number of aromatic carboxylic acids is 1. The fraction of sp³-hybridized carbons (Fsp3) is 0.276. The fourth-order valence-electron chi connectivity index (χ4n) is 4.64. The zero-order valence-corrected chi connectivity index (χ0v) is 23.8. The van der Waals surface area contributed by atoms with E-state index in [1.54, 1.807) is 28.8 Å². The number of benzene rings is 2. The number of nitriles is 1. The van der Waals surface area contributed by atoms with Gasteiger partial charge in [-0.25, -0.2) is 18.2 Å². The van der Waals surface area contributed by atoms with E-state index in [9.17, 15) is 23.4 Å². The first-order valence-corrected chi connectivity index (χ1v) is 14.7. The molecule has 0 radical (unpaired) electrons. The molecule has 0 aliphatic carbocycles. The molecule has 0 aliphatic rings. The summed E-state index contributed by atoms with van der Waals surface area (Å²) in [6.45, 7) is 2.47. The lowest BCUT2D eigenvalue weighted by molar-refractivity contribution is 0.0686. The number of aromatic nitrogens is 2. The predicted molar refractivity (Wildman–Crippen MR) is 157 cm³/mol. The summed E-state index contributed by atoms with van der Waals surface area (Å²) in [5, 5.41) is 33.6. The Kier molecular flexibility index (Phi) is 8.63. The minimum absolute atomic E-state index is 0.0186. The highest BCUT2D eigenvalue weighted by molar-refractivity contribution is 7.92. The Morgan fingerprint density at radius 2 is 1.95 bits per heavy atom. The summed E-state index contributed by atoms with van der Waals surface area (Å²) in [6, 6.07) is 17.9. The second kappa shape index (κ2) is 12.0. The molecule has 2 heterocycles. The van der Waals surface area contributed by atoms with Gasteiger partial charge in [0.25, 0.3) is 0 Å². The number of aliphatic hydroxyl groups is 1. The number of anilines is 2. The zero-order chi connectivity index (χ0) is 29.9. The number of nitrogens with zero attached hydrogens (tertiary/aromatic N) is 4. The van der Waals surface area contributed by atoms with Crippen molar-refractivity contribution in [3.8, 4) is 6.07 Å². The Hall–Kier alpha value is -4.44. The van der Waals surface area contributed by atoms with E-state index in [4.69, 9.17) is 11.0 Å². The van der Waals surface area contributed by atoms with Crippen LogP contribution in [0.25, 0.3) is 10.9 Å². The monoisotopic (exact) mass is 576 g/mol. The van der Waals surface area contributed by atoms with Gasteiger partial charge in [-0.2, -0.15) is 5.26 Å². The van der Waals surface area contributed by atoms with Crippen LogP contribution in [-0.4, -0.2) is 60.0 Å². The molecule has 0 saturated heterocycles. The Labute approximate surface area is 238 Å². The van der Waals surface area contributed by atoms with E-state index in [0.29, 0.717) is 17.7 Å². The second-order valence-electron chi connectivity index (χ2n) is 10.1. The van der Waals surface area contributed by atoms with Crippen molar-refractivity contribution in [1.29, 1.82) is 5.26 Å². The number of nitrogen functional groups attached to an aromatic ring is 1. The van der Waals surface area contributed by atoms with Crippen LogP contribution in [0.15, 0.2) is 60.8 Å². The average molecular weight is 577 g/mol. The molecule has 11 nitrogen and oxygen atoms in total. The number of rotatable bonds is 11. The van der Waals surface area contributed by atoms with E-state index >= 15 is 0 Å². The maximum absolute atomic E-state index is 12.1. The van der Waals surface area contributed by atoms with Crippen molar-refractivity contribution in [2.24, 2.45) is 0 Å². The van der Waals surface area contributed by atoms with E-state index in [0.717, 1.165) is 28.3 Å². The molecule has 0 amide bonds. The Morgan fingerprint density at radius 3 is 2.63 bits per heavy atom. The number of aliphatic hydroxyl groups excluding tert-OH is 1. The van der Waals surface area contributed by atoms with Crippen LogP contribution in [0.1, 0.15) is 45.8 Å². The number of nitrogens with two attached hydrogens (primary N) is 1. The van der Waals surface area contributed by atoms with Crippen molar-refractivity contribution in [2.45, 2.75) is 32.0 Å². The molecule has 0 fully saturated rings. The Morgan fingerprint density at radius 1 is 1.20 bits per heavy atom. The van der Waals surface area contributed by atoms with Crippen LogP contribution in [0, 0.1) is 11.3 Å². The van der Waals surface area contributed by atoms with Gasteiger partial charge >= 0.3 is 5.97 Å². The molecule has 0 aliphatic heterocycles. The second-order valence-corrected chi connectivity index (χ2v) is 12.1. The molecule has 214 valence electrons. The van der Waals surface area contributed by atoms with Gasteiger partial charge in [0.15, 0.2) is 0 Å². The topological polar surface area (TPSA) is 175 Å². The van der Waals surface area contributed by atoms with Crippen molar-refractivity contribution in [1.82, 2.24) is 14.9 Å². The lowest BCUT2D eigenvalue weighted by Crippen LogP contribution is -2.32. The lowest BCUT2D eigenvalue weighted by Gasteiger charge is -2.18. The molecular formula is C29H32N6O5S. The molecule has 2 unspecified atom stereocenters. The van der Waals surface area contributed by atoms with Gasteiger partial charge in [0.1, 0.15) is 17.6 Å². The lowest BCUT2D eigenvalue weighted by atomic mass is 10.0. The van der Waals surface area contributed by atoms with Gasteiger partial charge in [0, 0.05) is 48.8 Å². The number of sulfonamides is 1. The highest BCUT2D eigenvalue weighted by atomic mass is 32.2. The van der Waals surface area contributed by atoms with Crippen LogP contribution in [0.2, 0.25) is 0 Å². The fourth-order valence-corrected chi connectivity index (χ4v) is 5.14. The largest absolute Gasteiger partial charge is 0.477 e. The van der Waals surface area contributed by atoms with Gasteiger partial charge in [-0.05, 0) is 60.9 Å². The SMILES string of the molecule is CC(Cc1ccc2c(c1)cc(C(=O)O)n2Cc1cccc(N(C)S(C)(=O)=O)c1)NCC(O)c1cnc(N)c(C#N)c1. The predicted octanol–water partition coefficient (Wildman–Crippen LogP) is 2.89. The summed E-state index contributed by atoms with van der Waals surface area (Å²) >= 11 is 0. The van der Waals surface area contributed by atoms with Crippen molar-refractivity contribution in [3.05, 3.63) is 88.7 Å². The van der Waals surface area contributed by atoms with Gasteiger partial charge in [0.2, 0.25) is 10.0 Å². The quantitative estimate of drug-likeness (QED) is 0.209. The van der Waals surface area contributed by atoms with Gasteiger partial charge in [0.05, 0.1) is 23.6 Å². The molecule has 2 atom stereocenters. The average Bonchev–Trinajstić information content (AvgIpc) is 3.28. The molecule has 0 saturated carbocycles. The number of hydrogen-bond donors (Lipinski definition) is 4. The van der Waals surface area contributed by atoms with Gasteiger partial charge < -0.3 is 25.8 Å². The normalized spacial score (nSPS) is 13.0. The molecule has 4 aromatic rings. The summed E-state index contributed by atoms with van der Waals surface area (Å²) in [5.41, 5.74) is 9.47. The minimum Gasteiger partial charge on any atom is -0.477 e. The maximum Gasteiger partial charge on any atom is 0.352 e. The molecule has 4 rings (SSSR count). The first-order chi connectivity index (χ1) is 19.4. The van der Waals surface area contributed by atoms with Gasteiger partial charge in [-0.1, -0.05) is 18.2 Å². The van der Waals surface area contributed by atoms with Crippen LogP contribution in [0.4, 0.5) is 11.5 Å².